The SMILES string of the molecule is OCC([AsH2])Cc1ccccc1. The molecule has 0 spiro atoms. The zero-order valence-electron chi connectivity index (χ0n) is 6.40. The first-order chi connectivity index (χ1) is 5.33. The predicted octanol–water partition coefficient (Wildman–Crippen LogP) is 0.643. The molecule has 0 saturated heterocycles. The molecule has 0 aromatic heterocycles. The van der Waals surface area contributed by atoms with E-state index >= 15 is 0 Å². The van der Waals surface area contributed by atoms with Crippen LogP contribution < -0.4 is 0 Å². The van der Waals surface area contributed by atoms with Gasteiger partial charge in [-0.15, -0.1) is 0 Å². The normalized spacial score (nSPS) is 12.9. The third-order valence-electron chi connectivity index (χ3n) is 1.58. The number of hydrogen-bond acceptors (Lipinski definition) is 1. The molecule has 0 aliphatic heterocycles. The Balaban J connectivity index is 2.51. The van der Waals surface area contributed by atoms with Crippen molar-refractivity contribution in [3.8, 4) is 0 Å². The molecule has 0 amide bonds. The predicted molar refractivity (Wildman–Crippen MR) is 49.5 cm³/mol. The van der Waals surface area contributed by atoms with Crippen LogP contribution >= 0.6 is 0 Å². The van der Waals surface area contributed by atoms with Crippen LogP contribution in [0.15, 0.2) is 30.3 Å². The second kappa shape index (κ2) is 4.58. The fourth-order valence-electron chi connectivity index (χ4n) is 0.981. The van der Waals surface area contributed by atoms with Crippen LogP contribution in [-0.2, 0) is 6.42 Å². The summed E-state index contributed by atoms with van der Waals surface area (Å²) in [4.78, 5) is 0. The van der Waals surface area contributed by atoms with Gasteiger partial charge in [-0.1, -0.05) is 0 Å². The van der Waals surface area contributed by atoms with Gasteiger partial charge in [0, 0.05) is 0 Å². The van der Waals surface area contributed by atoms with Gasteiger partial charge in [-0.25, -0.2) is 0 Å². The summed E-state index contributed by atoms with van der Waals surface area (Å²) in [7, 11) is 0. The first-order valence-corrected chi connectivity index (χ1v) is 5.13. The van der Waals surface area contributed by atoms with E-state index in [2.05, 4.69) is 12.1 Å². The molecular formula is C9H13AsO. The van der Waals surface area contributed by atoms with E-state index in [0.717, 1.165) is 6.42 Å². The van der Waals surface area contributed by atoms with Gasteiger partial charge >= 0.3 is 75.6 Å². The number of rotatable bonds is 3. The number of aliphatic hydroxyl groups is 1. The van der Waals surface area contributed by atoms with E-state index in [4.69, 9.17) is 5.11 Å². The van der Waals surface area contributed by atoms with E-state index in [9.17, 15) is 0 Å². The van der Waals surface area contributed by atoms with Crippen LogP contribution in [0.3, 0.4) is 0 Å². The van der Waals surface area contributed by atoms with Crippen LogP contribution in [0.5, 0.6) is 0 Å². The fraction of sp³-hybridized carbons (Fsp3) is 0.333. The summed E-state index contributed by atoms with van der Waals surface area (Å²) < 4.78 is 0.435. The summed E-state index contributed by atoms with van der Waals surface area (Å²) in [5.74, 6) is 0. The number of hydrogen-bond donors (Lipinski definition) is 1. The summed E-state index contributed by atoms with van der Waals surface area (Å²) >= 11 is 1.61. The van der Waals surface area contributed by atoms with Gasteiger partial charge in [-0.3, -0.25) is 0 Å². The first kappa shape index (κ1) is 8.83. The van der Waals surface area contributed by atoms with Gasteiger partial charge in [0.05, 0.1) is 0 Å². The Morgan fingerprint density at radius 3 is 2.45 bits per heavy atom. The van der Waals surface area contributed by atoms with Gasteiger partial charge in [0.15, 0.2) is 0 Å². The third kappa shape index (κ3) is 3.09. The van der Waals surface area contributed by atoms with Crippen LogP contribution in [0.2, 0.25) is 4.71 Å². The number of aliphatic hydroxyl groups excluding tert-OH is 1. The molecule has 11 heavy (non-hydrogen) atoms. The quantitative estimate of drug-likeness (QED) is 0.729. The summed E-state index contributed by atoms with van der Waals surface area (Å²) in [5.41, 5.74) is 1.32. The summed E-state index contributed by atoms with van der Waals surface area (Å²) in [5, 5.41) is 8.81. The Kier molecular flexibility index (Phi) is 3.68. The van der Waals surface area contributed by atoms with Crippen molar-refractivity contribution >= 4 is 16.9 Å². The van der Waals surface area contributed by atoms with Crippen molar-refractivity contribution in [2.75, 3.05) is 6.61 Å². The Bertz CT molecular complexity index is 198. The van der Waals surface area contributed by atoms with Crippen molar-refractivity contribution < 1.29 is 5.11 Å². The molecule has 0 bridgehead atoms. The van der Waals surface area contributed by atoms with Gasteiger partial charge in [0.2, 0.25) is 0 Å². The average Bonchev–Trinajstić information content (AvgIpc) is 2.06. The van der Waals surface area contributed by atoms with E-state index in [-0.39, 0.29) is 0 Å². The van der Waals surface area contributed by atoms with Crippen molar-refractivity contribution in [2.24, 2.45) is 0 Å². The minimum atomic E-state index is 0.300. The number of benzene rings is 1. The molecule has 1 aromatic rings. The average molecular weight is 212 g/mol. The second-order valence-corrected chi connectivity index (χ2v) is 4.61. The Morgan fingerprint density at radius 1 is 1.27 bits per heavy atom. The fourth-order valence-corrected chi connectivity index (χ4v) is 1.55. The second-order valence-electron chi connectivity index (χ2n) is 2.63. The van der Waals surface area contributed by atoms with Gasteiger partial charge in [-0.2, -0.15) is 0 Å². The molecule has 1 aromatic carbocycles. The topological polar surface area (TPSA) is 20.2 Å². The molecular weight excluding hydrogens is 199 g/mol. The maximum absolute atomic E-state index is 8.81. The molecule has 0 fully saturated rings. The molecule has 0 saturated carbocycles. The molecule has 1 rings (SSSR count). The molecule has 1 nitrogen and oxygen atoms in total. The van der Waals surface area contributed by atoms with Crippen molar-refractivity contribution in [1.29, 1.82) is 0 Å². The van der Waals surface area contributed by atoms with Crippen molar-refractivity contribution in [2.45, 2.75) is 11.1 Å². The van der Waals surface area contributed by atoms with Crippen molar-refractivity contribution in [3.05, 3.63) is 35.9 Å². The van der Waals surface area contributed by atoms with E-state index in [1.807, 2.05) is 18.2 Å². The zero-order valence-corrected chi connectivity index (χ0v) is 8.83. The van der Waals surface area contributed by atoms with Crippen LogP contribution in [0, 0.1) is 0 Å². The van der Waals surface area contributed by atoms with Gasteiger partial charge in [0.25, 0.3) is 0 Å². The van der Waals surface area contributed by atoms with Gasteiger partial charge in [-0.05, 0) is 0 Å². The summed E-state index contributed by atoms with van der Waals surface area (Å²) in [6.07, 6.45) is 0.997. The van der Waals surface area contributed by atoms with Crippen LogP contribution in [-0.4, -0.2) is 28.6 Å². The standard InChI is InChI=1S/C9H13AsO/c10-9(7-11)6-8-4-2-1-3-5-8/h1-5,9,11H,6-7,10H2. The van der Waals surface area contributed by atoms with Gasteiger partial charge in [0.1, 0.15) is 0 Å². The Morgan fingerprint density at radius 2 is 1.91 bits per heavy atom. The molecule has 60 valence electrons. The van der Waals surface area contributed by atoms with Crippen LogP contribution in [0.25, 0.3) is 0 Å². The van der Waals surface area contributed by atoms with E-state index < -0.39 is 0 Å². The molecule has 2 heteroatoms. The van der Waals surface area contributed by atoms with Gasteiger partial charge < -0.3 is 0 Å². The van der Waals surface area contributed by atoms with Crippen molar-refractivity contribution in [3.63, 3.8) is 0 Å². The zero-order chi connectivity index (χ0) is 8.10. The Labute approximate surface area is 75.9 Å². The molecule has 1 N–H and O–H groups in total. The Hall–Kier alpha value is -0.262. The van der Waals surface area contributed by atoms with Crippen LogP contribution in [0.4, 0.5) is 0 Å². The molecule has 0 radical (unpaired) electrons. The molecule has 0 heterocycles. The van der Waals surface area contributed by atoms with E-state index in [0.29, 0.717) is 11.3 Å². The minimum absolute atomic E-state index is 0.300. The van der Waals surface area contributed by atoms with Crippen LogP contribution in [0.1, 0.15) is 5.56 Å². The van der Waals surface area contributed by atoms with E-state index in [1.165, 1.54) is 5.56 Å². The maximum atomic E-state index is 8.81. The first-order valence-electron chi connectivity index (χ1n) is 3.73. The molecule has 0 aliphatic rings. The van der Waals surface area contributed by atoms with Crippen molar-refractivity contribution in [1.82, 2.24) is 0 Å². The summed E-state index contributed by atoms with van der Waals surface area (Å²) in [6.45, 7) is 0.300. The molecule has 2 atom stereocenters. The monoisotopic (exact) mass is 212 g/mol. The molecule has 2 unspecified atom stereocenters. The molecule has 0 aliphatic carbocycles. The summed E-state index contributed by atoms with van der Waals surface area (Å²) in [6, 6.07) is 10.3. The third-order valence-corrected chi connectivity index (χ3v) is 2.51. The van der Waals surface area contributed by atoms with E-state index in [1.54, 1.807) is 16.9 Å².